The molecule has 0 radical (unpaired) electrons. The minimum absolute atomic E-state index is 0.104. The Kier molecular flexibility index (Phi) is 6.84. The second-order valence-electron chi connectivity index (χ2n) is 6.21. The summed E-state index contributed by atoms with van der Waals surface area (Å²) in [5.74, 6) is 0.262. The molecule has 3 rings (SSSR count). The Morgan fingerprint density at radius 1 is 1.10 bits per heavy atom. The van der Waals surface area contributed by atoms with E-state index in [1.807, 2.05) is 31.2 Å². The van der Waals surface area contributed by atoms with Crippen molar-refractivity contribution in [1.82, 2.24) is 9.78 Å². The van der Waals surface area contributed by atoms with Crippen LogP contribution in [-0.2, 0) is 6.73 Å². The van der Waals surface area contributed by atoms with Gasteiger partial charge in [0.2, 0.25) is 0 Å². The molecule has 0 fully saturated rings. The minimum atomic E-state index is -2.98. The van der Waals surface area contributed by atoms with Crippen molar-refractivity contribution in [3.05, 3.63) is 66.0 Å². The average molecular weight is 417 g/mol. The Bertz CT molecular complexity index is 1010. The van der Waals surface area contributed by atoms with Crippen LogP contribution in [-0.4, -0.2) is 28.9 Å². The number of aromatic nitrogens is 2. The molecule has 1 amide bonds. The summed E-state index contributed by atoms with van der Waals surface area (Å²) in [5, 5.41) is 6.85. The Labute approximate surface area is 172 Å². The van der Waals surface area contributed by atoms with Crippen LogP contribution in [0, 0.1) is 6.92 Å². The van der Waals surface area contributed by atoms with Crippen molar-refractivity contribution in [2.24, 2.45) is 0 Å². The van der Waals surface area contributed by atoms with Gasteiger partial charge >= 0.3 is 6.61 Å². The highest BCUT2D eigenvalue weighted by Crippen LogP contribution is 2.32. The van der Waals surface area contributed by atoms with Crippen molar-refractivity contribution in [1.29, 1.82) is 0 Å². The Morgan fingerprint density at radius 2 is 1.90 bits per heavy atom. The third kappa shape index (κ3) is 5.47. The van der Waals surface area contributed by atoms with Gasteiger partial charge in [0.1, 0.15) is 5.75 Å². The van der Waals surface area contributed by atoms with E-state index in [4.69, 9.17) is 9.47 Å². The number of hydrogen-bond acceptors (Lipinski definition) is 5. The number of alkyl halides is 2. The first-order chi connectivity index (χ1) is 14.5. The summed E-state index contributed by atoms with van der Waals surface area (Å²) < 4.78 is 41.9. The molecule has 158 valence electrons. The lowest BCUT2D eigenvalue weighted by Gasteiger charge is -2.13. The minimum Gasteiger partial charge on any atom is -0.490 e. The molecule has 1 aromatic heterocycles. The number of anilines is 1. The number of nitrogens with one attached hydrogen (secondary N) is 1. The van der Waals surface area contributed by atoms with Crippen LogP contribution in [0.3, 0.4) is 0 Å². The Morgan fingerprint density at radius 3 is 2.63 bits per heavy atom. The highest BCUT2D eigenvalue weighted by atomic mass is 19.3. The van der Waals surface area contributed by atoms with Gasteiger partial charge in [0.25, 0.3) is 5.91 Å². The van der Waals surface area contributed by atoms with Crippen LogP contribution in [0.4, 0.5) is 14.5 Å². The van der Waals surface area contributed by atoms with Crippen molar-refractivity contribution in [3.63, 3.8) is 0 Å². The van der Waals surface area contributed by atoms with E-state index >= 15 is 0 Å². The summed E-state index contributed by atoms with van der Waals surface area (Å²) in [6.07, 6.45) is 1.62. The molecule has 2 aromatic carbocycles. The van der Waals surface area contributed by atoms with E-state index in [0.29, 0.717) is 5.69 Å². The fraction of sp³-hybridized carbons (Fsp3) is 0.238. The monoisotopic (exact) mass is 417 g/mol. The van der Waals surface area contributed by atoms with E-state index in [0.717, 1.165) is 11.3 Å². The summed E-state index contributed by atoms with van der Waals surface area (Å²) in [5.41, 5.74) is 1.53. The van der Waals surface area contributed by atoms with Crippen molar-refractivity contribution in [3.8, 4) is 17.2 Å². The molecular formula is C21H21F2N3O4. The number of carbonyl (C=O) groups is 1. The number of hydrogen-bond donors (Lipinski definition) is 1. The average Bonchev–Trinajstić information content (AvgIpc) is 3.18. The molecule has 0 saturated heterocycles. The number of benzene rings is 2. The van der Waals surface area contributed by atoms with Crippen LogP contribution < -0.4 is 19.5 Å². The molecule has 0 atom stereocenters. The molecule has 1 N–H and O–H groups in total. The highest BCUT2D eigenvalue weighted by molar-refractivity contribution is 6.02. The Hall–Kier alpha value is -3.62. The molecule has 3 aromatic rings. The molecule has 1 heterocycles. The smallest absolute Gasteiger partial charge is 0.387 e. The van der Waals surface area contributed by atoms with E-state index in [1.165, 1.54) is 22.9 Å². The van der Waals surface area contributed by atoms with Crippen LogP contribution in [0.25, 0.3) is 0 Å². The molecule has 0 spiro atoms. The topological polar surface area (TPSA) is 74.6 Å². The van der Waals surface area contributed by atoms with Crippen LogP contribution in [0.15, 0.2) is 54.7 Å². The van der Waals surface area contributed by atoms with Crippen LogP contribution >= 0.6 is 0 Å². The fourth-order valence-electron chi connectivity index (χ4n) is 2.65. The number of ether oxygens (including phenoxy) is 3. The number of rotatable bonds is 9. The first-order valence-electron chi connectivity index (χ1n) is 9.21. The van der Waals surface area contributed by atoms with Gasteiger partial charge in [-0.25, -0.2) is 4.68 Å². The van der Waals surface area contributed by atoms with Gasteiger partial charge in [-0.15, -0.1) is 0 Å². The predicted molar refractivity (Wildman–Crippen MR) is 106 cm³/mol. The largest absolute Gasteiger partial charge is 0.490 e. The second kappa shape index (κ2) is 9.73. The van der Waals surface area contributed by atoms with Crippen molar-refractivity contribution in [2.75, 3.05) is 11.9 Å². The molecule has 0 aliphatic rings. The van der Waals surface area contributed by atoms with E-state index < -0.39 is 12.5 Å². The zero-order chi connectivity index (χ0) is 21.5. The maximum Gasteiger partial charge on any atom is 0.387 e. The summed E-state index contributed by atoms with van der Waals surface area (Å²) in [4.78, 5) is 12.5. The number of halogens is 2. The standard InChI is InChI=1S/C21H21F2N3O4/c1-3-28-19-12-15(8-9-18(19)30-21(22)23)24-20(27)16-10-11-26(25-16)13-29-17-7-5-4-6-14(17)2/h4-12,21H,3,13H2,1-2H3,(H,24,27). The molecule has 0 unspecified atom stereocenters. The molecule has 7 nitrogen and oxygen atoms in total. The lowest BCUT2D eigenvalue weighted by Crippen LogP contribution is -2.14. The summed E-state index contributed by atoms with van der Waals surface area (Å²) in [6, 6.07) is 13.3. The summed E-state index contributed by atoms with van der Waals surface area (Å²) >= 11 is 0. The normalized spacial score (nSPS) is 10.7. The van der Waals surface area contributed by atoms with E-state index in [2.05, 4.69) is 15.2 Å². The van der Waals surface area contributed by atoms with Gasteiger partial charge < -0.3 is 19.5 Å². The summed E-state index contributed by atoms with van der Waals surface area (Å²) in [6.45, 7) is 1.07. The molecule has 0 saturated carbocycles. The number of nitrogens with zero attached hydrogens (tertiary/aromatic N) is 2. The number of aryl methyl sites for hydroxylation is 1. The van der Waals surface area contributed by atoms with Gasteiger partial charge in [0, 0.05) is 18.0 Å². The van der Waals surface area contributed by atoms with E-state index in [-0.39, 0.29) is 30.5 Å². The van der Waals surface area contributed by atoms with E-state index in [9.17, 15) is 13.6 Å². The van der Waals surface area contributed by atoms with Gasteiger partial charge in [-0.3, -0.25) is 4.79 Å². The molecule has 9 heteroatoms. The lowest BCUT2D eigenvalue weighted by atomic mass is 10.2. The Balaban J connectivity index is 1.65. The lowest BCUT2D eigenvalue weighted by molar-refractivity contribution is -0.0514. The number of carbonyl (C=O) groups excluding carboxylic acids is 1. The van der Waals surface area contributed by atoms with Gasteiger partial charge in [0.15, 0.2) is 23.9 Å². The zero-order valence-corrected chi connectivity index (χ0v) is 16.5. The van der Waals surface area contributed by atoms with Crippen LogP contribution in [0.2, 0.25) is 0 Å². The first kappa shape index (κ1) is 21.1. The quantitative estimate of drug-likeness (QED) is 0.556. The molecular weight excluding hydrogens is 396 g/mol. The van der Waals surface area contributed by atoms with Gasteiger partial charge in [-0.1, -0.05) is 18.2 Å². The van der Waals surface area contributed by atoms with Crippen LogP contribution in [0.5, 0.6) is 17.2 Å². The van der Waals surface area contributed by atoms with Gasteiger partial charge in [-0.2, -0.15) is 13.9 Å². The first-order valence-corrected chi connectivity index (χ1v) is 9.21. The van der Waals surface area contributed by atoms with E-state index in [1.54, 1.807) is 19.2 Å². The SMILES string of the molecule is CCOc1cc(NC(=O)c2ccn(COc3ccccc3C)n2)ccc1OC(F)F. The molecule has 0 bridgehead atoms. The molecule has 0 aliphatic heterocycles. The number of para-hydroxylation sites is 1. The predicted octanol–water partition coefficient (Wildman–Crippen LogP) is 4.48. The molecule has 30 heavy (non-hydrogen) atoms. The fourth-order valence-corrected chi connectivity index (χ4v) is 2.65. The maximum atomic E-state index is 12.5. The highest BCUT2D eigenvalue weighted by Gasteiger charge is 2.15. The maximum absolute atomic E-state index is 12.5. The van der Waals surface area contributed by atoms with Crippen molar-refractivity contribution >= 4 is 11.6 Å². The second-order valence-corrected chi connectivity index (χ2v) is 6.21. The zero-order valence-electron chi connectivity index (χ0n) is 16.5. The van der Waals surface area contributed by atoms with Gasteiger partial charge in [-0.05, 0) is 43.7 Å². The van der Waals surface area contributed by atoms with Gasteiger partial charge in [0.05, 0.1) is 6.61 Å². The number of amides is 1. The third-order valence-corrected chi connectivity index (χ3v) is 4.04. The summed E-state index contributed by atoms with van der Waals surface area (Å²) in [7, 11) is 0. The van der Waals surface area contributed by atoms with Crippen molar-refractivity contribution < 1.29 is 27.8 Å². The third-order valence-electron chi connectivity index (χ3n) is 4.04. The molecule has 0 aliphatic carbocycles. The van der Waals surface area contributed by atoms with Crippen LogP contribution in [0.1, 0.15) is 23.0 Å². The van der Waals surface area contributed by atoms with Crippen molar-refractivity contribution in [2.45, 2.75) is 27.2 Å².